The number of carbonyl (C=O) groups is 7. The number of nitrogens with one attached hydrogen (secondary N) is 5. The fraction of sp³-hybridized carbons (Fsp3) is 0.629. The molecule has 1 aromatic rings. The number of amides is 6. The van der Waals surface area contributed by atoms with Gasteiger partial charge >= 0.3 is 5.97 Å². The standard InChI is InChI=1S/C35H54N6O9/c1-21(2)16-27(33(48)38-25(20-42)17-23-10-6-4-7-11-23)39-35(50)29(19-31(45)46)41-34(49)28(18-24-12-8-5-9-13-24)40-32(47)26(37-22(3)43)14-15-30(36)44/h4,6-7,10-11,21,24-29,42H,5,8-9,12-20H2,1-3H3,(H2,36,44)(H,37,43)(H,38,48)(H,39,50)(H,40,47)(H,41,49)(H,45,46)/t25?,26?,27-,28-,29?/m0/s1. The van der Waals surface area contributed by atoms with Crippen LogP contribution in [-0.4, -0.2) is 88.4 Å². The van der Waals surface area contributed by atoms with E-state index < -0.39 is 78.0 Å². The topological polar surface area (TPSA) is 246 Å². The first kappa shape index (κ1) is 41.6. The lowest BCUT2D eigenvalue weighted by Gasteiger charge is -2.29. The first-order valence-corrected chi connectivity index (χ1v) is 17.3. The Kier molecular flexibility index (Phi) is 17.9. The minimum absolute atomic E-state index is 0.0610. The van der Waals surface area contributed by atoms with Crippen LogP contribution < -0.4 is 32.3 Å². The van der Waals surface area contributed by atoms with Crippen molar-refractivity contribution in [2.24, 2.45) is 17.6 Å². The number of nitrogens with two attached hydrogens (primary N) is 1. The highest BCUT2D eigenvalue weighted by atomic mass is 16.4. The normalized spacial score (nSPS) is 16.2. The first-order valence-electron chi connectivity index (χ1n) is 17.3. The predicted octanol–water partition coefficient (Wildman–Crippen LogP) is 0.422. The summed E-state index contributed by atoms with van der Waals surface area (Å²) in [4.78, 5) is 89.0. The smallest absolute Gasteiger partial charge is 0.305 e. The van der Waals surface area contributed by atoms with Gasteiger partial charge in [0.05, 0.1) is 19.1 Å². The molecule has 0 aromatic heterocycles. The molecule has 5 atom stereocenters. The Labute approximate surface area is 293 Å². The van der Waals surface area contributed by atoms with Crippen molar-refractivity contribution in [3.05, 3.63) is 35.9 Å². The third-order valence-corrected chi connectivity index (χ3v) is 8.54. The van der Waals surface area contributed by atoms with Crippen LogP contribution in [0.15, 0.2) is 30.3 Å². The summed E-state index contributed by atoms with van der Waals surface area (Å²) in [5, 5.41) is 32.5. The van der Waals surface area contributed by atoms with Crippen LogP contribution in [0.25, 0.3) is 0 Å². The number of primary amides is 1. The molecule has 15 heteroatoms. The molecule has 2 rings (SSSR count). The highest BCUT2D eigenvalue weighted by molar-refractivity contribution is 5.96. The monoisotopic (exact) mass is 702 g/mol. The van der Waals surface area contributed by atoms with Crippen molar-refractivity contribution in [2.45, 2.75) is 122 Å². The van der Waals surface area contributed by atoms with Gasteiger partial charge in [0.1, 0.15) is 24.2 Å². The SMILES string of the molecule is CC(=O)NC(CCC(N)=O)C(=O)N[C@@H](CC1CCCCC1)C(=O)NC(CC(=O)O)C(=O)N[C@@H](CC(C)C)C(=O)NC(CO)Cc1ccccc1. The molecule has 0 radical (unpaired) electrons. The Bertz CT molecular complexity index is 1300. The van der Waals surface area contributed by atoms with Crippen LogP contribution in [-0.2, 0) is 40.0 Å². The Morgan fingerprint density at radius 2 is 1.34 bits per heavy atom. The average molecular weight is 703 g/mol. The Morgan fingerprint density at radius 1 is 0.780 bits per heavy atom. The minimum Gasteiger partial charge on any atom is -0.481 e. The van der Waals surface area contributed by atoms with Crippen molar-refractivity contribution in [3.8, 4) is 0 Å². The van der Waals surface area contributed by atoms with E-state index in [-0.39, 0.29) is 44.1 Å². The summed E-state index contributed by atoms with van der Waals surface area (Å²) < 4.78 is 0. The molecule has 9 N–H and O–H groups in total. The van der Waals surface area contributed by atoms with Crippen LogP contribution in [0.4, 0.5) is 0 Å². The maximum Gasteiger partial charge on any atom is 0.305 e. The maximum atomic E-state index is 13.7. The molecule has 278 valence electrons. The zero-order valence-corrected chi connectivity index (χ0v) is 29.2. The van der Waals surface area contributed by atoms with Crippen molar-refractivity contribution >= 4 is 41.4 Å². The van der Waals surface area contributed by atoms with Gasteiger partial charge in [0.25, 0.3) is 0 Å². The second-order valence-electron chi connectivity index (χ2n) is 13.5. The molecule has 0 bridgehead atoms. The van der Waals surface area contributed by atoms with Crippen molar-refractivity contribution in [3.63, 3.8) is 0 Å². The number of carboxylic acids is 1. The molecule has 1 aliphatic carbocycles. The zero-order chi connectivity index (χ0) is 37.2. The maximum absolute atomic E-state index is 13.7. The summed E-state index contributed by atoms with van der Waals surface area (Å²) >= 11 is 0. The molecule has 0 heterocycles. The average Bonchev–Trinajstić information content (AvgIpc) is 3.05. The van der Waals surface area contributed by atoms with E-state index in [4.69, 9.17) is 5.73 Å². The molecule has 1 aromatic carbocycles. The third kappa shape index (κ3) is 15.8. The van der Waals surface area contributed by atoms with Gasteiger partial charge in [0.15, 0.2) is 0 Å². The van der Waals surface area contributed by atoms with Crippen molar-refractivity contribution in [2.75, 3.05) is 6.61 Å². The Balaban J connectivity index is 2.26. The summed E-state index contributed by atoms with van der Waals surface area (Å²) in [5.41, 5.74) is 6.12. The molecule has 1 aliphatic rings. The molecule has 1 saturated carbocycles. The first-order chi connectivity index (χ1) is 23.7. The zero-order valence-electron chi connectivity index (χ0n) is 29.2. The Morgan fingerprint density at radius 3 is 1.90 bits per heavy atom. The number of carbonyl (C=O) groups excluding carboxylic acids is 6. The number of rotatable bonds is 21. The van der Waals surface area contributed by atoms with Crippen LogP contribution in [0.2, 0.25) is 0 Å². The van der Waals surface area contributed by atoms with E-state index in [9.17, 15) is 43.8 Å². The fourth-order valence-electron chi connectivity index (χ4n) is 6.05. The fourth-order valence-corrected chi connectivity index (χ4v) is 6.05. The molecule has 0 spiro atoms. The molecule has 15 nitrogen and oxygen atoms in total. The number of benzene rings is 1. The minimum atomic E-state index is -1.60. The molecule has 1 fully saturated rings. The van der Waals surface area contributed by atoms with Gasteiger partial charge in [-0.25, -0.2) is 0 Å². The van der Waals surface area contributed by atoms with Gasteiger partial charge < -0.3 is 42.5 Å². The predicted molar refractivity (Wildman–Crippen MR) is 184 cm³/mol. The van der Waals surface area contributed by atoms with E-state index >= 15 is 0 Å². The van der Waals surface area contributed by atoms with E-state index in [0.29, 0.717) is 6.42 Å². The number of hydrogen-bond acceptors (Lipinski definition) is 8. The molecular formula is C35H54N6O9. The van der Waals surface area contributed by atoms with Crippen molar-refractivity contribution < 1.29 is 43.8 Å². The summed E-state index contributed by atoms with van der Waals surface area (Å²) in [6, 6.07) is 3.49. The van der Waals surface area contributed by atoms with Gasteiger partial charge in [-0.2, -0.15) is 0 Å². The van der Waals surface area contributed by atoms with Gasteiger partial charge in [0.2, 0.25) is 35.4 Å². The summed E-state index contributed by atoms with van der Waals surface area (Å²) in [6.07, 6.45) is 4.13. The summed E-state index contributed by atoms with van der Waals surface area (Å²) in [5.74, 6) is -5.65. The van der Waals surface area contributed by atoms with Gasteiger partial charge in [-0.3, -0.25) is 33.6 Å². The molecule has 6 amide bonds. The lowest BCUT2D eigenvalue weighted by molar-refractivity contribution is -0.141. The van der Waals surface area contributed by atoms with E-state index in [1.165, 1.54) is 6.92 Å². The van der Waals surface area contributed by atoms with Crippen molar-refractivity contribution in [1.29, 1.82) is 0 Å². The van der Waals surface area contributed by atoms with E-state index in [0.717, 1.165) is 37.7 Å². The summed E-state index contributed by atoms with van der Waals surface area (Å²) in [7, 11) is 0. The number of aliphatic hydroxyl groups is 1. The quantitative estimate of drug-likeness (QED) is 0.0884. The van der Waals surface area contributed by atoms with E-state index in [2.05, 4.69) is 26.6 Å². The van der Waals surface area contributed by atoms with Crippen LogP contribution in [0.1, 0.15) is 90.5 Å². The number of carboxylic acid groups (broad SMARTS) is 1. The molecule has 50 heavy (non-hydrogen) atoms. The van der Waals surface area contributed by atoms with E-state index in [1.54, 1.807) is 0 Å². The second kappa shape index (κ2) is 21.5. The molecular weight excluding hydrogens is 648 g/mol. The lowest BCUT2D eigenvalue weighted by atomic mass is 9.84. The van der Waals surface area contributed by atoms with Gasteiger partial charge in [-0.15, -0.1) is 0 Å². The number of aliphatic hydroxyl groups excluding tert-OH is 1. The third-order valence-electron chi connectivity index (χ3n) is 8.54. The Hall–Kier alpha value is -4.53. The highest BCUT2D eigenvalue weighted by Crippen LogP contribution is 2.27. The van der Waals surface area contributed by atoms with E-state index in [1.807, 2.05) is 44.2 Å². The largest absolute Gasteiger partial charge is 0.481 e. The van der Waals surface area contributed by atoms with Gasteiger partial charge in [-0.05, 0) is 43.1 Å². The molecule has 0 aliphatic heterocycles. The molecule has 3 unspecified atom stereocenters. The number of aliphatic carboxylic acids is 1. The second-order valence-corrected chi connectivity index (χ2v) is 13.5. The van der Waals surface area contributed by atoms with Crippen LogP contribution >= 0.6 is 0 Å². The van der Waals surface area contributed by atoms with Crippen LogP contribution in [0, 0.1) is 11.8 Å². The van der Waals surface area contributed by atoms with Gasteiger partial charge in [0, 0.05) is 13.3 Å². The van der Waals surface area contributed by atoms with Crippen molar-refractivity contribution in [1.82, 2.24) is 26.6 Å². The van der Waals surface area contributed by atoms with Crippen LogP contribution in [0.3, 0.4) is 0 Å². The lowest BCUT2D eigenvalue weighted by Crippen LogP contribution is -2.59. The number of hydrogen-bond donors (Lipinski definition) is 8. The summed E-state index contributed by atoms with van der Waals surface area (Å²) in [6.45, 7) is 4.52. The highest BCUT2D eigenvalue weighted by Gasteiger charge is 2.34. The van der Waals surface area contributed by atoms with Gasteiger partial charge in [-0.1, -0.05) is 76.3 Å². The van der Waals surface area contributed by atoms with Crippen LogP contribution in [0.5, 0.6) is 0 Å². The molecule has 0 saturated heterocycles.